The van der Waals surface area contributed by atoms with E-state index in [0.717, 1.165) is 25.8 Å². The van der Waals surface area contributed by atoms with Gasteiger partial charge in [-0.25, -0.2) is 14.3 Å². The fourth-order valence-electron chi connectivity index (χ4n) is 1.95. The molecular weight excluding hydrogens is 244 g/mol. The predicted molar refractivity (Wildman–Crippen MR) is 72.3 cm³/mol. The van der Waals surface area contributed by atoms with Gasteiger partial charge < -0.3 is 4.90 Å². The fourth-order valence-corrected chi connectivity index (χ4v) is 1.95. The maximum absolute atomic E-state index is 12.2. The number of pyridine rings is 1. The summed E-state index contributed by atoms with van der Waals surface area (Å²) in [6.45, 7) is 2.85. The summed E-state index contributed by atoms with van der Waals surface area (Å²) in [4.78, 5) is 25.3. The molecule has 0 aliphatic carbocycles. The van der Waals surface area contributed by atoms with Gasteiger partial charge in [-0.15, -0.1) is 0 Å². The summed E-state index contributed by atoms with van der Waals surface area (Å²) < 4.78 is 1.34. The first kappa shape index (κ1) is 13.3. The minimum absolute atomic E-state index is 0.0777. The molecule has 0 saturated heterocycles. The summed E-state index contributed by atoms with van der Waals surface area (Å²) in [7, 11) is 1.78. The largest absolute Gasteiger partial charge is 0.347 e. The van der Waals surface area contributed by atoms with E-state index in [1.54, 1.807) is 24.1 Å². The Labute approximate surface area is 111 Å². The number of carbonyl (C=O) groups is 1. The number of nitrogens with zero attached hydrogens (tertiary/aromatic N) is 3. The smallest absolute Gasteiger partial charge is 0.342 e. The molecule has 0 saturated carbocycles. The van der Waals surface area contributed by atoms with Crippen LogP contribution in [0.1, 0.15) is 36.5 Å². The van der Waals surface area contributed by atoms with Gasteiger partial charge in [-0.1, -0.05) is 19.8 Å². The third-order valence-electron chi connectivity index (χ3n) is 3.10. The Hall–Kier alpha value is -2.11. The van der Waals surface area contributed by atoms with E-state index < -0.39 is 0 Å². The minimum atomic E-state index is -0.335. The van der Waals surface area contributed by atoms with Gasteiger partial charge >= 0.3 is 5.69 Å². The number of rotatable bonds is 5. The molecule has 0 unspecified atom stereocenters. The molecule has 19 heavy (non-hydrogen) atoms. The van der Waals surface area contributed by atoms with Crippen LogP contribution in [-0.2, 0) is 0 Å². The Morgan fingerprint density at radius 3 is 2.95 bits per heavy atom. The molecule has 0 atom stereocenters. The summed E-state index contributed by atoms with van der Waals surface area (Å²) in [6, 6.07) is 3.35. The number of amides is 1. The molecule has 6 nitrogen and oxygen atoms in total. The highest BCUT2D eigenvalue weighted by Gasteiger charge is 2.12. The van der Waals surface area contributed by atoms with Crippen molar-refractivity contribution in [2.24, 2.45) is 0 Å². The van der Waals surface area contributed by atoms with Crippen LogP contribution >= 0.6 is 0 Å². The van der Waals surface area contributed by atoms with Crippen LogP contribution in [0.3, 0.4) is 0 Å². The van der Waals surface area contributed by atoms with Gasteiger partial charge in [0.15, 0.2) is 5.65 Å². The number of unbranched alkanes of at least 4 members (excludes halogenated alkanes) is 2. The Kier molecular flexibility index (Phi) is 3.99. The highest BCUT2D eigenvalue weighted by Crippen LogP contribution is 2.06. The summed E-state index contributed by atoms with van der Waals surface area (Å²) in [5, 5.41) is 6.17. The molecule has 2 rings (SSSR count). The SMILES string of the molecule is CCCCCN(C)C(=O)c1ccc2n[nH]c(=O)n2c1. The van der Waals surface area contributed by atoms with Crippen LogP contribution in [0.2, 0.25) is 0 Å². The standard InChI is InChI=1S/C13H18N4O2/c1-3-4-5-8-16(2)12(18)10-6-7-11-14-15-13(19)17(11)9-10/h6-7,9H,3-5,8H2,1-2H3,(H,15,19). The topological polar surface area (TPSA) is 70.5 Å². The molecule has 0 bridgehead atoms. The second kappa shape index (κ2) is 5.69. The first-order valence-electron chi connectivity index (χ1n) is 6.45. The first-order chi connectivity index (χ1) is 9.13. The van der Waals surface area contributed by atoms with Gasteiger partial charge in [0.1, 0.15) is 0 Å². The van der Waals surface area contributed by atoms with Crippen molar-refractivity contribution in [2.45, 2.75) is 26.2 Å². The van der Waals surface area contributed by atoms with Crippen molar-refractivity contribution in [2.75, 3.05) is 13.6 Å². The number of hydrogen-bond donors (Lipinski definition) is 1. The van der Waals surface area contributed by atoms with E-state index in [1.807, 2.05) is 0 Å². The second-order valence-corrected chi connectivity index (χ2v) is 4.61. The Morgan fingerprint density at radius 1 is 1.42 bits per heavy atom. The van der Waals surface area contributed by atoms with E-state index in [9.17, 15) is 9.59 Å². The van der Waals surface area contributed by atoms with Crippen molar-refractivity contribution in [1.82, 2.24) is 19.5 Å². The average Bonchev–Trinajstić information content (AvgIpc) is 2.79. The highest BCUT2D eigenvalue weighted by atomic mass is 16.2. The maximum Gasteiger partial charge on any atom is 0.347 e. The van der Waals surface area contributed by atoms with Crippen molar-refractivity contribution in [1.29, 1.82) is 0 Å². The first-order valence-corrected chi connectivity index (χ1v) is 6.45. The number of hydrogen-bond acceptors (Lipinski definition) is 3. The van der Waals surface area contributed by atoms with Crippen LogP contribution in [0.4, 0.5) is 0 Å². The lowest BCUT2D eigenvalue weighted by atomic mass is 10.2. The van der Waals surface area contributed by atoms with E-state index in [-0.39, 0.29) is 11.6 Å². The quantitative estimate of drug-likeness (QED) is 0.825. The van der Waals surface area contributed by atoms with Gasteiger partial charge in [0.05, 0.1) is 5.56 Å². The molecule has 6 heteroatoms. The molecule has 1 N–H and O–H groups in total. The van der Waals surface area contributed by atoms with Crippen molar-refractivity contribution in [3.63, 3.8) is 0 Å². The molecule has 2 aromatic heterocycles. The van der Waals surface area contributed by atoms with Crippen LogP contribution in [0.25, 0.3) is 5.65 Å². The molecule has 0 radical (unpaired) electrons. The molecule has 0 aromatic carbocycles. The summed E-state index contributed by atoms with van der Waals surface area (Å²) in [6.07, 6.45) is 4.75. The zero-order valence-electron chi connectivity index (χ0n) is 11.2. The number of aromatic nitrogens is 3. The normalized spacial score (nSPS) is 10.8. The fraction of sp³-hybridized carbons (Fsp3) is 0.462. The Bertz CT molecular complexity index is 629. The monoisotopic (exact) mass is 262 g/mol. The number of H-pyrrole nitrogens is 1. The van der Waals surface area contributed by atoms with E-state index in [1.165, 1.54) is 10.6 Å². The molecular formula is C13H18N4O2. The number of fused-ring (bicyclic) bond motifs is 1. The van der Waals surface area contributed by atoms with Crippen molar-refractivity contribution >= 4 is 11.6 Å². The predicted octanol–water partition coefficient (Wildman–Crippen LogP) is 1.28. The molecule has 2 heterocycles. The van der Waals surface area contributed by atoms with E-state index in [0.29, 0.717) is 11.2 Å². The lowest BCUT2D eigenvalue weighted by molar-refractivity contribution is 0.0792. The van der Waals surface area contributed by atoms with E-state index in [4.69, 9.17) is 0 Å². The zero-order chi connectivity index (χ0) is 13.8. The number of carbonyl (C=O) groups excluding carboxylic acids is 1. The van der Waals surface area contributed by atoms with Crippen molar-refractivity contribution in [3.05, 3.63) is 34.4 Å². The van der Waals surface area contributed by atoms with Crippen LogP contribution < -0.4 is 5.69 Å². The van der Waals surface area contributed by atoms with Gasteiger partial charge in [0.25, 0.3) is 5.91 Å². The summed E-state index contributed by atoms with van der Waals surface area (Å²) in [5.74, 6) is -0.0777. The second-order valence-electron chi connectivity index (χ2n) is 4.61. The van der Waals surface area contributed by atoms with Crippen LogP contribution in [0, 0.1) is 0 Å². The summed E-state index contributed by atoms with van der Waals surface area (Å²) in [5.41, 5.74) is 0.670. The molecule has 0 fully saturated rings. The average molecular weight is 262 g/mol. The minimum Gasteiger partial charge on any atom is -0.342 e. The van der Waals surface area contributed by atoms with Crippen LogP contribution in [0.15, 0.2) is 23.1 Å². The van der Waals surface area contributed by atoms with Gasteiger partial charge in [0.2, 0.25) is 0 Å². The molecule has 0 spiro atoms. The maximum atomic E-state index is 12.2. The summed E-state index contributed by atoms with van der Waals surface area (Å²) >= 11 is 0. The van der Waals surface area contributed by atoms with E-state index >= 15 is 0 Å². The van der Waals surface area contributed by atoms with Gasteiger partial charge in [0, 0.05) is 19.8 Å². The zero-order valence-corrected chi connectivity index (χ0v) is 11.2. The third kappa shape index (κ3) is 2.83. The molecule has 1 amide bonds. The van der Waals surface area contributed by atoms with Gasteiger partial charge in [-0.2, -0.15) is 5.10 Å². The molecule has 0 aliphatic rings. The molecule has 102 valence electrons. The lowest BCUT2D eigenvalue weighted by Gasteiger charge is -2.16. The highest BCUT2D eigenvalue weighted by molar-refractivity contribution is 5.94. The molecule has 0 aliphatic heterocycles. The lowest BCUT2D eigenvalue weighted by Crippen LogP contribution is -2.28. The van der Waals surface area contributed by atoms with Crippen molar-refractivity contribution < 1.29 is 4.79 Å². The van der Waals surface area contributed by atoms with Crippen molar-refractivity contribution in [3.8, 4) is 0 Å². The number of aromatic amines is 1. The number of nitrogens with one attached hydrogen (secondary N) is 1. The van der Waals surface area contributed by atoms with Crippen LogP contribution in [-0.4, -0.2) is 39.0 Å². The third-order valence-corrected chi connectivity index (χ3v) is 3.10. The Balaban J connectivity index is 2.16. The Morgan fingerprint density at radius 2 is 2.21 bits per heavy atom. The van der Waals surface area contributed by atoms with E-state index in [2.05, 4.69) is 17.1 Å². The molecule has 2 aromatic rings. The van der Waals surface area contributed by atoms with Gasteiger partial charge in [-0.3, -0.25) is 4.79 Å². The van der Waals surface area contributed by atoms with Gasteiger partial charge in [-0.05, 0) is 18.6 Å². The van der Waals surface area contributed by atoms with Crippen LogP contribution in [0.5, 0.6) is 0 Å².